The van der Waals surface area contributed by atoms with Crippen LogP contribution in [-0.2, 0) is 6.54 Å². The van der Waals surface area contributed by atoms with Gasteiger partial charge in [0.1, 0.15) is 16.4 Å². The molecule has 2 heterocycles. The summed E-state index contributed by atoms with van der Waals surface area (Å²) in [6.45, 7) is 2.95. The van der Waals surface area contributed by atoms with E-state index >= 15 is 0 Å². The number of hydrogen-bond donors (Lipinski definition) is 1. The highest BCUT2D eigenvalue weighted by atomic mass is 32.1. The molecular weight excluding hydrogens is 412 g/mol. The van der Waals surface area contributed by atoms with Crippen molar-refractivity contribution in [2.45, 2.75) is 26.3 Å². The Kier molecular flexibility index (Phi) is 6.13. The van der Waals surface area contributed by atoms with Crippen molar-refractivity contribution < 1.29 is 14.6 Å². The normalized spacial score (nSPS) is 11.0. The Bertz CT molecular complexity index is 1280. The number of aromatic carboxylic acids is 1. The maximum Gasteiger partial charge on any atom is 0.337 e. The number of hydrogen-bond acceptors (Lipinski definition) is 5. The highest BCUT2D eigenvalue weighted by Crippen LogP contribution is 2.26. The predicted molar refractivity (Wildman–Crippen MR) is 122 cm³/mol. The van der Waals surface area contributed by atoms with Crippen LogP contribution in [0.2, 0.25) is 0 Å². The summed E-state index contributed by atoms with van der Waals surface area (Å²) in [6, 6.07) is 17.4. The van der Waals surface area contributed by atoms with Crippen LogP contribution >= 0.6 is 11.3 Å². The third-order valence-electron chi connectivity index (χ3n) is 4.99. The van der Waals surface area contributed by atoms with E-state index in [1.807, 2.05) is 61.5 Å². The van der Waals surface area contributed by atoms with Gasteiger partial charge in [0, 0.05) is 17.5 Å². The van der Waals surface area contributed by atoms with Gasteiger partial charge in [0.2, 0.25) is 0 Å². The number of para-hydroxylation sites is 1. The topological polar surface area (TPSA) is 81.4 Å². The van der Waals surface area contributed by atoms with E-state index in [0.717, 1.165) is 23.3 Å². The molecule has 0 aliphatic heterocycles. The zero-order valence-corrected chi connectivity index (χ0v) is 17.9. The molecule has 0 fully saturated rings. The highest BCUT2D eigenvalue weighted by molar-refractivity contribution is 7.17. The Morgan fingerprint density at radius 1 is 1.13 bits per heavy atom. The lowest BCUT2D eigenvalue weighted by molar-refractivity contribution is 0.0699. The largest absolute Gasteiger partial charge is 0.494 e. The number of aryl methyl sites for hydroxylation is 1. The quantitative estimate of drug-likeness (QED) is 0.395. The molecule has 2 aromatic heterocycles. The Morgan fingerprint density at radius 3 is 2.68 bits per heavy atom. The minimum atomic E-state index is -1.11. The Morgan fingerprint density at radius 2 is 1.94 bits per heavy atom. The van der Waals surface area contributed by atoms with Crippen molar-refractivity contribution >= 4 is 27.5 Å². The number of thiophene rings is 1. The molecule has 4 aromatic rings. The van der Waals surface area contributed by atoms with Gasteiger partial charge in [-0.15, -0.1) is 11.3 Å². The second-order valence-corrected chi connectivity index (χ2v) is 8.12. The van der Waals surface area contributed by atoms with E-state index in [1.165, 1.54) is 16.7 Å². The summed E-state index contributed by atoms with van der Waals surface area (Å²) in [6.07, 6.45) is 1.45. The number of fused-ring (bicyclic) bond motifs is 1. The van der Waals surface area contributed by atoms with Crippen molar-refractivity contribution in [2.24, 2.45) is 0 Å². The van der Waals surface area contributed by atoms with Crippen LogP contribution in [0, 0.1) is 6.92 Å². The number of unbranched alkanes of at least 4 members (excludes halogenated alkanes) is 1. The second kappa shape index (κ2) is 9.14. The first kappa shape index (κ1) is 20.8. The molecule has 1 N–H and O–H groups in total. The van der Waals surface area contributed by atoms with Crippen LogP contribution in [0.5, 0.6) is 5.75 Å². The third-order valence-corrected chi connectivity index (χ3v) is 5.86. The number of rotatable bonds is 8. The first-order valence-corrected chi connectivity index (χ1v) is 10.9. The number of carboxylic acid groups (broad SMARTS) is 1. The SMILES string of the molecule is Cc1cccc(-c2nc3scc(C(=O)O)c3c(=O)n2CCCCOc2ccccc2)c1. The minimum Gasteiger partial charge on any atom is -0.494 e. The van der Waals surface area contributed by atoms with Crippen molar-refractivity contribution in [3.05, 3.63) is 81.5 Å². The van der Waals surface area contributed by atoms with E-state index in [4.69, 9.17) is 4.74 Å². The average Bonchev–Trinajstić information content (AvgIpc) is 3.20. The molecule has 0 unspecified atom stereocenters. The molecule has 0 saturated heterocycles. The van der Waals surface area contributed by atoms with Crippen LogP contribution in [0.1, 0.15) is 28.8 Å². The number of carboxylic acids is 1. The molecule has 0 saturated carbocycles. The van der Waals surface area contributed by atoms with Gasteiger partial charge >= 0.3 is 5.97 Å². The molecule has 2 aromatic carbocycles. The number of nitrogens with zero attached hydrogens (tertiary/aromatic N) is 2. The minimum absolute atomic E-state index is 0.00875. The maximum atomic E-state index is 13.3. The van der Waals surface area contributed by atoms with Crippen molar-refractivity contribution in [3.8, 4) is 17.1 Å². The van der Waals surface area contributed by atoms with Gasteiger partial charge in [-0.2, -0.15) is 0 Å². The fourth-order valence-electron chi connectivity index (χ4n) is 3.47. The molecule has 158 valence electrons. The van der Waals surface area contributed by atoms with Crippen LogP contribution in [-0.4, -0.2) is 27.2 Å². The summed E-state index contributed by atoms with van der Waals surface area (Å²) < 4.78 is 7.33. The summed E-state index contributed by atoms with van der Waals surface area (Å²) in [7, 11) is 0. The monoisotopic (exact) mass is 434 g/mol. The Labute approximate surface area is 183 Å². The van der Waals surface area contributed by atoms with E-state index in [1.54, 1.807) is 4.57 Å². The van der Waals surface area contributed by atoms with Crippen molar-refractivity contribution in [1.29, 1.82) is 0 Å². The molecule has 4 rings (SSSR count). The van der Waals surface area contributed by atoms with E-state index in [9.17, 15) is 14.7 Å². The summed E-state index contributed by atoms with van der Waals surface area (Å²) in [5, 5.41) is 11.1. The zero-order chi connectivity index (χ0) is 21.8. The second-order valence-electron chi connectivity index (χ2n) is 7.26. The predicted octanol–water partition coefficient (Wildman–Crippen LogP) is 4.99. The van der Waals surface area contributed by atoms with E-state index in [2.05, 4.69) is 4.98 Å². The summed E-state index contributed by atoms with van der Waals surface area (Å²) >= 11 is 1.18. The van der Waals surface area contributed by atoms with Gasteiger partial charge in [-0.05, 0) is 38.0 Å². The van der Waals surface area contributed by atoms with E-state index in [0.29, 0.717) is 30.2 Å². The fourth-order valence-corrected chi connectivity index (χ4v) is 4.37. The fraction of sp³-hybridized carbons (Fsp3) is 0.208. The van der Waals surface area contributed by atoms with Crippen LogP contribution in [0.25, 0.3) is 21.6 Å². The molecule has 0 bridgehead atoms. The first-order valence-electron chi connectivity index (χ1n) is 10.0. The summed E-state index contributed by atoms with van der Waals surface area (Å²) in [5.74, 6) is 0.257. The van der Waals surface area contributed by atoms with Crippen LogP contribution in [0.4, 0.5) is 0 Å². The van der Waals surface area contributed by atoms with Gasteiger partial charge in [0.15, 0.2) is 0 Å². The zero-order valence-electron chi connectivity index (χ0n) is 17.1. The standard InChI is InChI=1S/C24H22N2O4S/c1-16-8-7-9-17(14-16)21-25-22-20(19(15-31-22)24(28)29)23(27)26(21)12-5-6-13-30-18-10-3-2-4-11-18/h2-4,7-11,14-15H,5-6,12-13H2,1H3,(H,28,29). The average molecular weight is 435 g/mol. The van der Waals surface area contributed by atoms with Crippen LogP contribution < -0.4 is 10.3 Å². The molecule has 0 radical (unpaired) electrons. The van der Waals surface area contributed by atoms with E-state index < -0.39 is 5.97 Å². The van der Waals surface area contributed by atoms with Crippen molar-refractivity contribution in [1.82, 2.24) is 9.55 Å². The number of carbonyl (C=O) groups is 1. The lowest BCUT2D eigenvalue weighted by Crippen LogP contribution is -2.24. The molecule has 0 atom stereocenters. The number of ether oxygens (including phenoxy) is 1. The lowest BCUT2D eigenvalue weighted by Gasteiger charge is -2.13. The van der Waals surface area contributed by atoms with E-state index in [-0.39, 0.29) is 16.5 Å². The van der Waals surface area contributed by atoms with Gasteiger partial charge in [-0.3, -0.25) is 9.36 Å². The first-order chi connectivity index (χ1) is 15.0. The molecule has 31 heavy (non-hydrogen) atoms. The highest BCUT2D eigenvalue weighted by Gasteiger charge is 2.20. The molecule has 6 nitrogen and oxygen atoms in total. The Balaban J connectivity index is 1.63. The Hall–Kier alpha value is -3.45. The molecule has 0 aliphatic rings. The van der Waals surface area contributed by atoms with Gasteiger partial charge in [-0.1, -0.05) is 42.0 Å². The summed E-state index contributed by atoms with van der Waals surface area (Å²) in [5.41, 5.74) is 1.59. The van der Waals surface area contributed by atoms with Crippen molar-refractivity contribution in [3.63, 3.8) is 0 Å². The lowest BCUT2D eigenvalue weighted by atomic mass is 10.1. The molecular formula is C24H22N2O4S. The number of aromatic nitrogens is 2. The summed E-state index contributed by atoms with van der Waals surface area (Å²) in [4.78, 5) is 30.0. The van der Waals surface area contributed by atoms with Gasteiger partial charge < -0.3 is 9.84 Å². The molecule has 0 aliphatic carbocycles. The number of benzene rings is 2. The maximum absolute atomic E-state index is 13.3. The molecule has 7 heteroatoms. The van der Waals surface area contributed by atoms with Gasteiger partial charge in [0.05, 0.1) is 17.6 Å². The molecule has 0 amide bonds. The van der Waals surface area contributed by atoms with Crippen LogP contribution in [0.3, 0.4) is 0 Å². The smallest absolute Gasteiger partial charge is 0.337 e. The third kappa shape index (κ3) is 4.51. The van der Waals surface area contributed by atoms with Crippen LogP contribution in [0.15, 0.2) is 64.8 Å². The van der Waals surface area contributed by atoms with Gasteiger partial charge in [-0.25, -0.2) is 9.78 Å². The van der Waals surface area contributed by atoms with Gasteiger partial charge in [0.25, 0.3) is 5.56 Å². The van der Waals surface area contributed by atoms with Crippen molar-refractivity contribution in [2.75, 3.05) is 6.61 Å². The molecule has 0 spiro atoms.